The van der Waals surface area contributed by atoms with Crippen molar-refractivity contribution in [1.82, 2.24) is 10.2 Å². The first kappa shape index (κ1) is 16.7. The number of amides is 1. The van der Waals surface area contributed by atoms with Crippen LogP contribution in [0.25, 0.3) is 0 Å². The summed E-state index contributed by atoms with van der Waals surface area (Å²) in [7, 11) is 0. The summed E-state index contributed by atoms with van der Waals surface area (Å²) in [6, 6.07) is 8.80. The number of thioether (sulfide) groups is 1. The Bertz CT molecular complexity index is 466. The molecule has 3 nitrogen and oxygen atoms in total. The number of halogens is 1. The van der Waals surface area contributed by atoms with Crippen molar-refractivity contribution in [2.45, 2.75) is 42.4 Å². The maximum atomic E-state index is 12.9. The van der Waals surface area contributed by atoms with Gasteiger partial charge in [-0.1, -0.05) is 25.1 Å². The molecule has 2 heterocycles. The standard InChI is InChI=1S/C16H22N2OS.ClH/c1-2-9-18(13-7-8-17-11-13)16(19)15-10-12-5-3-4-6-14(12)20-15;/h3-6,13,15,17H,2,7-11H2,1H3;1H. The quantitative estimate of drug-likeness (QED) is 0.923. The zero-order chi connectivity index (χ0) is 13.9. The van der Waals surface area contributed by atoms with Crippen LogP contribution >= 0.6 is 24.2 Å². The van der Waals surface area contributed by atoms with Gasteiger partial charge >= 0.3 is 0 Å². The average Bonchev–Trinajstić information content (AvgIpc) is 3.12. The maximum Gasteiger partial charge on any atom is 0.236 e. The highest BCUT2D eigenvalue weighted by Gasteiger charge is 2.34. The van der Waals surface area contributed by atoms with Crippen LogP contribution in [-0.2, 0) is 11.2 Å². The smallest absolute Gasteiger partial charge is 0.236 e. The number of carbonyl (C=O) groups excluding carboxylic acids is 1. The molecule has 2 atom stereocenters. The number of rotatable bonds is 4. The van der Waals surface area contributed by atoms with E-state index in [0.717, 1.165) is 38.9 Å². The normalized spacial score (nSPS) is 23.5. The minimum Gasteiger partial charge on any atom is -0.337 e. The van der Waals surface area contributed by atoms with E-state index in [0.29, 0.717) is 11.9 Å². The molecule has 5 heteroatoms. The van der Waals surface area contributed by atoms with E-state index in [1.807, 2.05) is 0 Å². The Morgan fingerprint density at radius 3 is 2.90 bits per heavy atom. The zero-order valence-corrected chi connectivity index (χ0v) is 14.0. The number of hydrogen-bond acceptors (Lipinski definition) is 3. The van der Waals surface area contributed by atoms with Crippen LogP contribution in [-0.4, -0.2) is 41.7 Å². The first-order chi connectivity index (χ1) is 9.79. The minimum atomic E-state index is 0. The molecule has 21 heavy (non-hydrogen) atoms. The number of carbonyl (C=O) groups is 1. The molecule has 1 aromatic rings. The van der Waals surface area contributed by atoms with Gasteiger partial charge in [0.05, 0.1) is 5.25 Å². The van der Waals surface area contributed by atoms with Crippen molar-refractivity contribution < 1.29 is 4.79 Å². The molecular formula is C16H23ClN2OS. The van der Waals surface area contributed by atoms with Crippen molar-refractivity contribution in [3.8, 4) is 0 Å². The summed E-state index contributed by atoms with van der Waals surface area (Å²) in [4.78, 5) is 16.3. The fourth-order valence-electron chi connectivity index (χ4n) is 3.12. The molecule has 116 valence electrons. The van der Waals surface area contributed by atoms with Gasteiger partial charge in [-0.05, 0) is 37.4 Å². The fourth-order valence-corrected chi connectivity index (χ4v) is 4.39. The Morgan fingerprint density at radius 2 is 2.24 bits per heavy atom. The van der Waals surface area contributed by atoms with Crippen molar-refractivity contribution in [3.63, 3.8) is 0 Å². The van der Waals surface area contributed by atoms with Gasteiger partial charge in [0.1, 0.15) is 0 Å². The van der Waals surface area contributed by atoms with E-state index < -0.39 is 0 Å². The summed E-state index contributed by atoms with van der Waals surface area (Å²) in [5, 5.41) is 3.46. The van der Waals surface area contributed by atoms with Gasteiger partial charge in [-0.25, -0.2) is 0 Å². The van der Waals surface area contributed by atoms with Crippen LogP contribution in [0.3, 0.4) is 0 Å². The Kier molecular flexibility index (Phi) is 5.97. The number of benzene rings is 1. The van der Waals surface area contributed by atoms with Crippen molar-refractivity contribution in [3.05, 3.63) is 29.8 Å². The first-order valence-electron chi connectivity index (χ1n) is 7.55. The van der Waals surface area contributed by atoms with Crippen molar-refractivity contribution in [1.29, 1.82) is 0 Å². The SMILES string of the molecule is CCCN(C(=O)C1Cc2ccccc2S1)C1CCNC1.Cl. The highest BCUT2D eigenvalue weighted by molar-refractivity contribution is 8.01. The predicted molar refractivity (Wildman–Crippen MR) is 90.3 cm³/mol. The number of fused-ring (bicyclic) bond motifs is 1. The van der Waals surface area contributed by atoms with E-state index >= 15 is 0 Å². The molecule has 2 unspecified atom stereocenters. The van der Waals surface area contributed by atoms with Crippen LogP contribution in [0.4, 0.5) is 0 Å². The maximum absolute atomic E-state index is 12.9. The molecule has 0 aromatic heterocycles. The van der Waals surface area contributed by atoms with E-state index in [1.54, 1.807) is 11.8 Å². The molecule has 1 fully saturated rings. The Labute approximate surface area is 137 Å². The van der Waals surface area contributed by atoms with Gasteiger partial charge in [0, 0.05) is 24.0 Å². The van der Waals surface area contributed by atoms with Gasteiger partial charge in [0.2, 0.25) is 5.91 Å². The molecule has 0 aliphatic carbocycles. The van der Waals surface area contributed by atoms with E-state index in [9.17, 15) is 4.79 Å². The van der Waals surface area contributed by atoms with Crippen LogP contribution in [0.1, 0.15) is 25.3 Å². The summed E-state index contributed by atoms with van der Waals surface area (Å²) in [5.74, 6) is 0.335. The van der Waals surface area contributed by atoms with Gasteiger partial charge in [-0.15, -0.1) is 24.2 Å². The number of nitrogens with zero attached hydrogens (tertiary/aromatic N) is 1. The topological polar surface area (TPSA) is 32.3 Å². The number of nitrogens with one attached hydrogen (secondary N) is 1. The van der Waals surface area contributed by atoms with Gasteiger partial charge < -0.3 is 10.2 Å². The van der Waals surface area contributed by atoms with Gasteiger partial charge in [0.15, 0.2) is 0 Å². The zero-order valence-electron chi connectivity index (χ0n) is 12.4. The molecule has 2 aliphatic rings. The summed E-state index contributed by atoms with van der Waals surface area (Å²) in [5.41, 5.74) is 1.33. The number of hydrogen-bond donors (Lipinski definition) is 1. The van der Waals surface area contributed by atoms with Crippen LogP contribution in [0, 0.1) is 0 Å². The molecule has 0 spiro atoms. The third kappa shape index (κ3) is 3.55. The van der Waals surface area contributed by atoms with E-state index in [1.165, 1.54) is 10.5 Å². The monoisotopic (exact) mass is 326 g/mol. The molecule has 1 N–H and O–H groups in total. The van der Waals surface area contributed by atoms with Gasteiger partial charge in [0.25, 0.3) is 0 Å². The molecular weight excluding hydrogens is 304 g/mol. The second kappa shape index (κ2) is 7.52. The largest absolute Gasteiger partial charge is 0.337 e. The Morgan fingerprint density at radius 1 is 1.43 bits per heavy atom. The molecule has 1 amide bonds. The lowest BCUT2D eigenvalue weighted by atomic mass is 10.1. The second-order valence-corrected chi connectivity index (χ2v) is 6.84. The van der Waals surface area contributed by atoms with Crippen molar-refractivity contribution in [2.75, 3.05) is 19.6 Å². The van der Waals surface area contributed by atoms with E-state index in [4.69, 9.17) is 0 Å². The highest BCUT2D eigenvalue weighted by atomic mass is 35.5. The van der Waals surface area contributed by atoms with E-state index in [2.05, 4.69) is 41.4 Å². The third-order valence-electron chi connectivity index (χ3n) is 4.15. The van der Waals surface area contributed by atoms with Gasteiger partial charge in [-0.2, -0.15) is 0 Å². The molecule has 1 saturated heterocycles. The van der Waals surface area contributed by atoms with Crippen LogP contribution < -0.4 is 5.32 Å². The second-order valence-electron chi connectivity index (χ2n) is 5.60. The lowest BCUT2D eigenvalue weighted by molar-refractivity contribution is -0.132. The molecule has 0 radical (unpaired) electrons. The summed E-state index contributed by atoms with van der Waals surface area (Å²) in [6.45, 7) is 5.03. The third-order valence-corrected chi connectivity index (χ3v) is 5.45. The highest BCUT2D eigenvalue weighted by Crippen LogP contribution is 2.38. The van der Waals surface area contributed by atoms with Crippen molar-refractivity contribution >= 4 is 30.1 Å². The predicted octanol–water partition coefficient (Wildman–Crippen LogP) is 2.73. The first-order valence-corrected chi connectivity index (χ1v) is 8.43. The summed E-state index contributed by atoms with van der Waals surface area (Å²) >= 11 is 1.75. The Hall–Kier alpha value is -0.710. The molecule has 0 saturated carbocycles. The van der Waals surface area contributed by atoms with Crippen LogP contribution in [0.5, 0.6) is 0 Å². The Balaban J connectivity index is 0.00000161. The molecule has 3 rings (SSSR count). The molecule has 0 bridgehead atoms. The lowest BCUT2D eigenvalue weighted by Crippen LogP contribution is -2.46. The van der Waals surface area contributed by atoms with E-state index in [-0.39, 0.29) is 17.7 Å². The lowest BCUT2D eigenvalue weighted by Gasteiger charge is -2.30. The summed E-state index contributed by atoms with van der Waals surface area (Å²) < 4.78 is 0. The minimum absolute atomic E-state index is 0. The van der Waals surface area contributed by atoms with Crippen molar-refractivity contribution in [2.24, 2.45) is 0 Å². The summed E-state index contributed by atoms with van der Waals surface area (Å²) in [6.07, 6.45) is 3.02. The van der Waals surface area contributed by atoms with Crippen LogP contribution in [0.15, 0.2) is 29.2 Å². The molecule has 1 aromatic carbocycles. The van der Waals surface area contributed by atoms with Crippen LogP contribution in [0.2, 0.25) is 0 Å². The fraction of sp³-hybridized carbons (Fsp3) is 0.562. The van der Waals surface area contributed by atoms with Gasteiger partial charge in [-0.3, -0.25) is 4.79 Å². The molecule has 2 aliphatic heterocycles. The average molecular weight is 327 g/mol.